The van der Waals surface area contributed by atoms with Gasteiger partial charge < -0.3 is 5.32 Å². The summed E-state index contributed by atoms with van der Waals surface area (Å²) in [4.78, 5) is 25.7. The molecule has 23 heavy (non-hydrogen) atoms. The Kier molecular flexibility index (Phi) is 6.18. The Balaban J connectivity index is 1.87. The maximum absolute atomic E-state index is 12.2. The first-order valence-corrected chi connectivity index (χ1v) is 9.13. The summed E-state index contributed by atoms with van der Waals surface area (Å²) < 4.78 is 0.620. The van der Waals surface area contributed by atoms with Gasteiger partial charge in [-0.1, -0.05) is 49.1 Å². The van der Waals surface area contributed by atoms with E-state index < -0.39 is 0 Å². The first kappa shape index (κ1) is 17.9. The number of carbonyl (C=O) groups excluding carboxylic acids is 2. The van der Waals surface area contributed by atoms with E-state index in [1.165, 1.54) is 11.8 Å². The Labute approximate surface area is 147 Å². The molecule has 0 saturated carbocycles. The van der Waals surface area contributed by atoms with Gasteiger partial charge in [0.25, 0.3) is 0 Å². The van der Waals surface area contributed by atoms with Crippen LogP contribution in [0.25, 0.3) is 0 Å². The van der Waals surface area contributed by atoms with Crippen LogP contribution in [0.3, 0.4) is 0 Å². The van der Waals surface area contributed by atoms with E-state index in [9.17, 15) is 9.59 Å². The number of carbonyl (C=O) groups is 2. The molecule has 2 rings (SSSR count). The third-order valence-electron chi connectivity index (χ3n) is 3.90. The molecule has 1 aromatic carbocycles. The van der Waals surface area contributed by atoms with Crippen molar-refractivity contribution >= 4 is 45.8 Å². The lowest BCUT2D eigenvalue weighted by atomic mass is 10.1. The van der Waals surface area contributed by atoms with E-state index in [2.05, 4.69) is 12.2 Å². The highest BCUT2D eigenvalue weighted by Crippen LogP contribution is 2.27. The molecule has 0 radical (unpaired) electrons. The highest BCUT2D eigenvalue weighted by molar-refractivity contribution is 8.24. The first-order valence-electron chi connectivity index (χ1n) is 7.84. The summed E-state index contributed by atoms with van der Waals surface area (Å²) in [5.74, 6) is 0.0276. The van der Waals surface area contributed by atoms with Crippen LogP contribution in [-0.4, -0.2) is 32.8 Å². The summed E-state index contributed by atoms with van der Waals surface area (Å²) in [5.41, 5.74) is 3.12. The number of thioether (sulfide) groups is 1. The minimum Gasteiger partial charge on any atom is -0.326 e. The Bertz CT molecular complexity index is 631. The van der Waals surface area contributed by atoms with Crippen molar-refractivity contribution in [2.24, 2.45) is 0 Å². The lowest BCUT2D eigenvalue weighted by Gasteiger charge is -2.16. The lowest BCUT2D eigenvalue weighted by Crippen LogP contribution is -2.32. The summed E-state index contributed by atoms with van der Waals surface area (Å²) in [6, 6.07) is 6.03. The summed E-state index contributed by atoms with van der Waals surface area (Å²) in [6.07, 6.45) is 1.87. The summed E-state index contributed by atoms with van der Waals surface area (Å²) in [5, 5.41) is 2.90. The van der Waals surface area contributed by atoms with Gasteiger partial charge in [0, 0.05) is 18.7 Å². The molecule has 0 spiro atoms. The topological polar surface area (TPSA) is 49.4 Å². The normalized spacial score (nSPS) is 17.7. The van der Waals surface area contributed by atoms with Gasteiger partial charge in [-0.05, 0) is 37.8 Å². The number of nitrogens with zero attached hydrogens (tertiary/aromatic N) is 1. The van der Waals surface area contributed by atoms with Crippen LogP contribution < -0.4 is 5.32 Å². The molecule has 1 fully saturated rings. The van der Waals surface area contributed by atoms with Crippen molar-refractivity contribution in [2.75, 3.05) is 11.9 Å². The number of amides is 2. The number of benzene rings is 1. The highest BCUT2D eigenvalue weighted by atomic mass is 32.2. The van der Waals surface area contributed by atoms with E-state index in [0.717, 1.165) is 23.2 Å². The fourth-order valence-corrected chi connectivity index (χ4v) is 4.03. The van der Waals surface area contributed by atoms with Crippen LogP contribution in [0.2, 0.25) is 0 Å². The van der Waals surface area contributed by atoms with Crippen molar-refractivity contribution in [1.82, 2.24) is 4.90 Å². The zero-order valence-corrected chi connectivity index (χ0v) is 15.4. The molecule has 0 aromatic heterocycles. The molecule has 124 valence electrons. The fourth-order valence-electron chi connectivity index (χ4n) is 2.58. The standard InChI is InChI=1S/C17H22N2O2S2/c1-4-13-8-5-7-11(2)15(13)18-14(20)9-6-10-19-16(21)12(3)23-17(19)22/h5,7-8,12H,4,6,9-10H2,1-3H3,(H,18,20). The van der Waals surface area contributed by atoms with Crippen LogP contribution in [-0.2, 0) is 16.0 Å². The average molecular weight is 351 g/mol. The van der Waals surface area contributed by atoms with E-state index in [1.807, 2.05) is 32.0 Å². The van der Waals surface area contributed by atoms with Gasteiger partial charge in [0.05, 0.1) is 5.25 Å². The Morgan fingerprint density at radius 1 is 1.43 bits per heavy atom. The Morgan fingerprint density at radius 2 is 2.17 bits per heavy atom. The zero-order valence-electron chi connectivity index (χ0n) is 13.7. The molecule has 0 bridgehead atoms. The van der Waals surface area contributed by atoms with Crippen molar-refractivity contribution in [3.8, 4) is 0 Å². The van der Waals surface area contributed by atoms with Crippen LogP contribution in [0, 0.1) is 6.92 Å². The second-order valence-electron chi connectivity index (χ2n) is 5.63. The number of anilines is 1. The quantitative estimate of drug-likeness (QED) is 0.798. The van der Waals surface area contributed by atoms with E-state index in [1.54, 1.807) is 4.90 Å². The van der Waals surface area contributed by atoms with Gasteiger partial charge >= 0.3 is 0 Å². The SMILES string of the molecule is CCc1cccc(C)c1NC(=O)CCCN1C(=O)C(C)SC1=S. The number of rotatable bonds is 6. The molecule has 1 aliphatic heterocycles. The molecule has 2 amide bonds. The zero-order chi connectivity index (χ0) is 17.0. The number of para-hydroxylation sites is 1. The summed E-state index contributed by atoms with van der Waals surface area (Å²) >= 11 is 6.61. The molecule has 6 heteroatoms. The van der Waals surface area contributed by atoms with Gasteiger partial charge in [-0.25, -0.2) is 0 Å². The minimum atomic E-state index is -0.101. The van der Waals surface area contributed by atoms with Crippen LogP contribution in [0.15, 0.2) is 18.2 Å². The molecule has 1 unspecified atom stereocenters. The molecular weight excluding hydrogens is 328 g/mol. The third-order valence-corrected chi connectivity index (χ3v) is 5.39. The van der Waals surface area contributed by atoms with Crippen LogP contribution in [0.4, 0.5) is 5.69 Å². The average Bonchev–Trinajstić information content (AvgIpc) is 2.75. The molecule has 1 aromatic rings. The highest BCUT2D eigenvalue weighted by Gasteiger charge is 2.33. The van der Waals surface area contributed by atoms with Gasteiger partial charge in [-0.2, -0.15) is 0 Å². The summed E-state index contributed by atoms with van der Waals surface area (Å²) in [6.45, 7) is 6.44. The molecule has 1 atom stereocenters. The van der Waals surface area contributed by atoms with Crippen molar-refractivity contribution < 1.29 is 9.59 Å². The summed E-state index contributed by atoms with van der Waals surface area (Å²) in [7, 11) is 0. The molecule has 1 heterocycles. The number of nitrogens with one attached hydrogen (secondary N) is 1. The second-order valence-corrected chi connectivity index (χ2v) is 7.60. The lowest BCUT2D eigenvalue weighted by molar-refractivity contribution is -0.126. The molecule has 1 N–H and O–H groups in total. The van der Waals surface area contributed by atoms with E-state index >= 15 is 0 Å². The molecule has 0 aliphatic carbocycles. The van der Waals surface area contributed by atoms with Crippen molar-refractivity contribution in [3.05, 3.63) is 29.3 Å². The number of aryl methyl sites for hydroxylation is 2. The predicted molar refractivity (Wildman–Crippen MR) is 99.8 cm³/mol. The van der Waals surface area contributed by atoms with Crippen LogP contribution >= 0.6 is 24.0 Å². The van der Waals surface area contributed by atoms with Crippen molar-refractivity contribution in [2.45, 2.75) is 45.3 Å². The fraction of sp³-hybridized carbons (Fsp3) is 0.471. The molecule has 1 aliphatic rings. The minimum absolute atomic E-state index is 0.0211. The Hall–Kier alpha value is -1.40. The van der Waals surface area contributed by atoms with Gasteiger partial charge in [0.2, 0.25) is 11.8 Å². The van der Waals surface area contributed by atoms with Crippen LogP contribution in [0.1, 0.15) is 37.8 Å². The largest absolute Gasteiger partial charge is 0.326 e. The van der Waals surface area contributed by atoms with E-state index in [-0.39, 0.29) is 17.1 Å². The van der Waals surface area contributed by atoms with Gasteiger partial charge in [-0.15, -0.1) is 0 Å². The molecule has 4 nitrogen and oxygen atoms in total. The smallest absolute Gasteiger partial charge is 0.241 e. The van der Waals surface area contributed by atoms with Crippen molar-refractivity contribution in [1.29, 1.82) is 0 Å². The van der Waals surface area contributed by atoms with Crippen LogP contribution in [0.5, 0.6) is 0 Å². The van der Waals surface area contributed by atoms with Crippen molar-refractivity contribution in [3.63, 3.8) is 0 Å². The second kappa shape index (κ2) is 7.93. The maximum atomic E-state index is 12.2. The van der Waals surface area contributed by atoms with Gasteiger partial charge in [-0.3, -0.25) is 14.5 Å². The first-order chi connectivity index (χ1) is 10.9. The van der Waals surface area contributed by atoms with Gasteiger partial charge in [0.1, 0.15) is 4.32 Å². The predicted octanol–water partition coefficient (Wildman–Crippen LogP) is 3.52. The van der Waals surface area contributed by atoms with Gasteiger partial charge in [0.15, 0.2) is 0 Å². The monoisotopic (exact) mass is 350 g/mol. The number of hydrogen-bond acceptors (Lipinski definition) is 4. The Morgan fingerprint density at radius 3 is 2.78 bits per heavy atom. The molecular formula is C17H22N2O2S2. The van der Waals surface area contributed by atoms with E-state index in [4.69, 9.17) is 12.2 Å². The van der Waals surface area contributed by atoms with E-state index in [0.29, 0.717) is 23.7 Å². The maximum Gasteiger partial charge on any atom is 0.241 e. The third kappa shape index (κ3) is 4.32. The number of thiocarbonyl (C=S) groups is 1. The number of hydrogen-bond donors (Lipinski definition) is 1. The molecule has 1 saturated heterocycles.